The van der Waals surface area contributed by atoms with Crippen molar-refractivity contribution in [2.75, 3.05) is 6.61 Å². The lowest BCUT2D eigenvalue weighted by molar-refractivity contribution is -0.153. The van der Waals surface area contributed by atoms with Gasteiger partial charge in [-0.2, -0.15) is 27.1 Å². The van der Waals surface area contributed by atoms with Crippen molar-refractivity contribution in [3.8, 4) is 11.6 Å². The summed E-state index contributed by atoms with van der Waals surface area (Å²) in [5, 5.41) is 10.7. The minimum atomic E-state index is -4.46. The van der Waals surface area contributed by atoms with Gasteiger partial charge in [0.2, 0.25) is 5.88 Å². The summed E-state index contributed by atoms with van der Waals surface area (Å²) in [6.45, 7) is -0.611. The fourth-order valence-corrected chi connectivity index (χ4v) is 4.06. The monoisotopic (exact) mass is 501 g/mol. The lowest BCUT2D eigenvalue weighted by Gasteiger charge is -2.36. The molecule has 0 aliphatic heterocycles. The molecule has 0 saturated heterocycles. The van der Waals surface area contributed by atoms with Crippen LogP contribution in [0.5, 0.6) is 11.6 Å². The molecular weight excluding hydrogens is 477 g/mol. The molecule has 1 atom stereocenters. The minimum absolute atomic E-state index is 0.0174. The first-order valence-electron chi connectivity index (χ1n) is 11.0. The lowest BCUT2D eigenvalue weighted by atomic mass is 9.78. The first-order valence-corrected chi connectivity index (χ1v) is 11.0. The number of fused-ring (bicyclic) bond motifs is 1. The number of hydrogen-bond acceptors (Lipinski definition) is 5. The van der Waals surface area contributed by atoms with Crippen molar-refractivity contribution in [2.24, 2.45) is 5.92 Å². The Morgan fingerprint density at radius 2 is 2.00 bits per heavy atom. The van der Waals surface area contributed by atoms with E-state index in [9.17, 15) is 26.7 Å². The first kappa shape index (κ1) is 24.7. The van der Waals surface area contributed by atoms with Gasteiger partial charge in [-0.05, 0) is 51.2 Å². The second-order valence-electron chi connectivity index (χ2n) is 8.72. The number of hydrogen-bond donors (Lipinski definition) is 1. The number of aryl methyl sites for hydroxylation is 1. The van der Waals surface area contributed by atoms with Crippen molar-refractivity contribution in [1.82, 2.24) is 24.7 Å². The van der Waals surface area contributed by atoms with Gasteiger partial charge in [-0.1, -0.05) is 0 Å². The fraction of sp³-hybridized carbons (Fsp3) is 0.500. The van der Waals surface area contributed by atoms with Crippen molar-refractivity contribution in [2.45, 2.75) is 58.0 Å². The number of nitrogens with one attached hydrogen (secondary N) is 1. The second-order valence-corrected chi connectivity index (χ2v) is 8.72. The highest BCUT2D eigenvalue weighted by Gasteiger charge is 2.33. The van der Waals surface area contributed by atoms with Gasteiger partial charge in [-0.3, -0.25) is 4.79 Å². The molecule has 8 nitrogen and oxygen atoms in total. The molecule has 0 bridgehead atoms. The predicted octanol–water partition coefficient (Wildman–Crippen LogP) is 4.54. The second kappa shape index (κ2) is 9.70. The van der Waals surface area contributed by atoms with E-state index in [2.05, 4.69) is 15.5 Å². The molecule has 0 spiro atoms. The molecule has 0 unspecified atom stereocenters. The number of carbonyl (C=O) groups is 1. The number of nitrogens with zero attached hydrogens (tertiary/aromatic N) is 4. The van der Waals surface area contributed by atoms with Gasteiger partial charge in [0.15, 0.2) is 6.61 Å². The van der Waals surface area contributed by atoms with Gasteiger partial charge >= 0.3 is 12.7 Å². The number of aromatic nitrogens is 4. The summed E-state index contributed by atoms with van der Waals surface area (Å²) in [6, 6.07) is 2.67. The van der Waals surface area contributed by atoms with Crippen molar-refractivity contribution in [3.63, 3.8) is 0 Å². The Morgan fingerprint density at radius 3 is 2.66 bits per heavy atom. The van der Waals surface area contributed by atoms with E-state index in [1.807, 2.05) is 6.92 Å². The summed E-state index contributed by atoms with van der Waals surface area (Å²) < 4.78 is 74.8. The van der Waals surface area contributed by atoms with E-state index in [4.69, 9.17) is 9.47 Å². The van der Waals surface area contributed by atoms with Gasteiger partial charge in [-0.25, -0.2) is 9.20 Å². The number of amides is 1. The molecule has 3 heterocycles. The van der Waals surface area contributed by atoms with Crippen LogP contribution in [-0.4, -0.2) is 50.2 Å². The molecule has 3 aromatic rings. The number of halogens is 5. The van der Waals surface area contributed by atoms with Gasteiger partial charge in [0.25, 0.3) is 5.91 Å². The van der Waals surface area contributed by atoms with Crippen LogP contribution in [0.25, 0.3) is 5.52 Å². The third-order valence-corrected chi connectivity index (χ3v) is 5.74. The van der Waals surface area contributed by atoms with Gasteiger partial charge in [0.05, 0.1) is 23.5 Å². The van der Waals surface area contributed by atoms with E-state index < -0.39 is 19.3 Å². The Bertz CT molecular complexity index is 1190. The Balaban J connectivity index is 1.26. The molecule has 190 valence electrons. The van der Waals surface area contributed by atoms with Crippen LogP contribution in [0.4, 0.5) is 22.0 Å². The normalized spacial score (nSPS) is 19.0. The maximum absolute atomic E-state index is 12.7. The van der Waals surface area contributed by atoms with E-state index in [1.54, 1.807) is 6.92 Å². The van der Waals surface area contributed by atoms with Crippen LogP contribution >= 0.6 is 0 Å². The third kappa shape index (κ3) is 6.01. The van der Waals surface area contributed by atoms with Crippen LogP contribution in [-0.2, 0) is 0 Å². The number of rotatable bonds is 9. The zero-order chi connectivity index (χ0) is 25.3. The molecule has 0 aromatic carbocycles. The SMILES string of the molecule is Cc1cn(C(F)F)nc1OC1CC(C[C@H](C)NC(=O)c2cnn3cc(OCC(F)(F)F)ccc23)C1. The highest BCUT2D eigenvalue weighted by molar-refractivity contribution is 6.00. The van der Waals surface area contributed by atoms with Crippen LogP contribution in [0.2, 0.25) is 0 Å². The van der Waals surface area contributed by atoms with Crippen molar-refractivity contribution in [1.29, 1.82) is 0 Å². The Kier molecular flexibility index (Phi) is 6.86. The minimum Gasteiger partial charge on any atom is -0.483 e. The summed E-state index contributed by atoms with van der Waals surface area (Å²) in [5.74, 6) is 0.133. The smallest absolute Gasteiger partial charge is 0.422 e. The highest BCUT2D eigenvalue weighted by atomic mass is 19.4. The number of alkyl halides is 5. The summed E-state index contributed by atoms with van der Waals surface area (Å²) in [5.41, 5.74) is 1.27. The Labute approximate surface area is 197 Å². The van der Waals surface area contributed by atoms with Gasteiger partial charge < -0.3 is 14.8 Å². The topological polar surface area (TPSA) is 82.7 Å². The number of pyridine rings is 1. The van der Waals surface area contributed by atoms with Crippen LogP contribution in [0.15, 0.2) is 30.7 Å². The molecule has 1 N–H and O–H groups in total. The van der Waals surface area contributed by atoms with Crippen molar-refractivity contribution < 1.29 is 36.2 Å². The Hall–Kier alpha value is -3.38. The Morgan fingerprint density at radius 1 is 1.26 bits per heavy atom. The molecule has 1 saturated carbocycles. The zero-order valence-corrected chi connectivity index (χ0v) is 18.9. The van der Waals surface area contributed by atoms with E-state index in [0.29, 0.717) is 33.7 Å². The molecule has 4 rings (SSSR count). The van der Waals surface area contributed by atoms with E-state index in [1.165, 1.54) is 35.2 Å². The molecular formula is C22H24F5N5O3. The first-order chi connectivity index (χ1) is 16.5. The average molecular weight is 501 g/mol. The molecule has 1 aliphatic rings. The van der Waals surface area contributed by atoms with Crippen LogP contribution in [0.3, 0.4) is 0 Å². The highest BCUT2D eigenvalue weighted by Crippen LogP contribution is 2.35. The van der Waals surface area contributed by atoms with Crippen molar-refractivity contribution >= 4 is 11.4 Å². The van der Waals surface area contributed by atoms with Crippen LogP contribution in [0.1, 0.15) is 48.7 Å². The van der Waals surface area contributed by atoms with E-state index in [0.717, 1.165) is 12.8 Å². The molecule has 13 heteroatoms. The fourth-order valence-electron chi connectivity index (χ4n) is 4.06. The standard InChI is InChI=1S/C22H24F5N5O3/c1-12-9-32(21(23)24)30-20(12)35-16-6-14(7-16)5-13(2)29-19(33)17-8-28-31-10-15(3-4-18(17)31)34-11-22(25,26)27/h3-4,8-10,13-14,16,21H,5-7,11H2,1-2H3,(H,29,33)/t13-,14?,16?/m0/s1. The van der Waals surface area contributed by atoms with Crippen molar-refractivity contribution in [3.05, 3.63) is 41.9 Å². The summed E-state index contributed by atoms with van der Waals surface area (Å²) in [6.07, 6.45) is 1.44. The predicted molar refractivity (Wildman–Crippen MR) is 114 cm³/mol. The van der Waals surface area contributed by atoms with E-state index in [-0.39, 0.29) is 29.7 Å². The van der Waals surface area contributed by atoms with Crippen LogP contribution in [0, 0.1) is 12.8 Å². The maximum Gasteiger partial charge on any atom is 0.422 e. The third-order valence-electron chi connectivity index (χ3n) is 5.74. The molecule has 0 radical (unpaired) electrons. The molecule has 1 aliphatic carbocycles. The van der Waals surface area contributed by atoms with Gasteiger partial charge in [0, 0.05) is 17.8 Å². The number of ether oxygens (including phenoxy) is 2. The van der Waals surface area contributed by atoms with E-state index >= 15 is 0 Å². The zero-order valence-electron chi connectivity index (χ0n) is 18.9. The molecule has 3 aromatic heterocycles. The number of carbonyl (C=O) groups excluding carboxylic acids is 1. The molecule has 35 heavy (non-hydrogen) atoms. The summed E-state index contributed by atoms with van der Waals surface area (Å²) in [7, 11) is 0. The van der Waals surface area contributed by atoms with Gasteiger partial charge in [-0.15, -0.1) is 5.10 Å². The molecule has 1 fully saturated rings. The lowest BCUT2D eigenvalue weighted by Crippen LogP contribution is -2.40. The molecule has 1 amide bonds. The summed E-state index contributed by atoms with van der Waals surface area (Å²) in [4.78, 5) is 12.7. The van der Waals surface area contributed by atoms with Crippen LogP contribution < -0.4 is 14.8 Å². The maximum atomic E-state index is 12.7. The van der Waals surface area contributed by atoms with Gasteiger partial charge in [0.1, 0.15) is 11.9 Å². The average Bonchev–Trinajstić information content (AvgIpc) is 3.33. The largest absolute Gasteiger partial charge is 0.483 e. The summed E-state index contributed by atoms with van der Waals surface area (Å²) >= 11 is 0. The quantitative estimate of drug-likeness (QED) is 0.436.